The van der Waals surface area contributed by atoms with Crippen molar-refractivity contribution in [1.82, 2.24) is 9.88 Å². The molecule has 0 radical (unpaired) electrons. The monoisotopic (exact) mass is 405 g/mol. The van der Waals surface area contributed by atoms with E-state index in [4.69, 9.17) is 4.74 Å². The van der Waals surface area contributed by atoms with Crippen molar-refractivity contribution in [2.75, 3.05) is 39.2 Å². The van der Waals surface area contributed by atoms with Crippen LogP contribution in [-0.4, -0.2) is 50.1 Å². The number of hydrogen-bond donors (Lipinski definition) is 0. The van der Waals surface area contributed by atoms with Gasteiger partial charge in [0.25, 0.3) is 5.91 Å². The van der Waals surface area contributed by atoms with E-state index in [0.717, 1.165) is 22.4 Å². The van der Waals surface area contributed by atoms with Gasteiger partial charge in [-0.1, -0.05) is 17.4 Å². The van der Waals surface area contributed by atoms with Gasteiger partial charge in [0.1, 0.15) is 22.9 Å². The second-order valence-electron chi connectivity index (χ2n) is 6.64. The number of rotatable bonds is 6. The van der Waals surface area contributed by atoms with Crippen LogP contribution in [0.2, 0.25) is 0 Å². The standard InChI is InChI=1S/C20H21F2N3O2S/c1-12-5-8-16(27-4)17-18(12)28-20(23-17)25(10-9-24(2)3)19(26)14-7-6-13(21)11-15(14)22/h5-8,11H,9-10H2,1-4H3. The summed E-state index contributed by atoms with van der Waals surface area (Å²) in [6.45, 7) is 2.82. The van der Waals surface area contributed by atoms with Crippen LogP contribution in [-0.2, 0) is 0 Å². The molecule has 1 aromatic heterocycles. The number of ether oxygens (including phenoxy) is 1. The summed E-state index contributed by atoms with van der Waals surface area (Å²) in [4.78, 5) is 21.0. The first-order valence-corrected chi connectivity index (χ1v) is 9.49. The molecule has 2 aromatic carbocycles. The molecule has 0 N–H and O–H groups in total. The zero-order valence-electron chi connectivity index (χ0n) is 16.1. The van der Waals surface area contributed by atoms with Crippen molar-refractivity contribution >= 4 is 32.6 Å². The highest BCUT2D eigenvalue weighted by Gasteiger charge is 2.25. The molecule has 0 aliphatic heterocycles. The molecule has 0 spiro atoms. The van der Waals surface area contributed by atoms with E-state index in [0.29, 0.717) is 35.6 Å². The van der Waals surface area contributed by atoms with Crippen molar-refractivity contribution in [3.63, 3.8) is 0 Å². The molecule has 5 nitrogen and oxygen atoms in total. The van der Waals surface area contributed by atoms with E-state index in [9.17, 15) is 13.6 Å². The predicted molar refractivity (Wildman–Crippen MR) is 107 cm³/mol. The molecule has 148 valence electrons. The van der Waals surface area contributed by atoms with Gasteiger partial charge in [-0.15, -0.1) is 0 Å². The summed E-state index contributed by atoms with van der Waals surface area (Å²) in [5, 5.41) is 0.443. The smallest absolute Gasteiger partial charge is 0.263 e. The number of aryl methyl sites for hydroxylation is 1. The molecule has 3 rings (SSSR count). The fourth-order valence-corrected chi connectivity index (χ4v) is 3.85. The van der Waals surface area contributed by atoms with Crippen molar-refractivity contribution in [1.29, 1.82) is 0 Å². The van der Waals surface area contributed by atoms with E-state index < -0.39 is 17.5 Å². The maximum atomic E-state index is 14.2. The van der Waals surface area contributed by atoms with Crippen LogP contribution in [0.5, 0.6) is 5.75 Å². The molecule has 0 aliphatic carbocycles. The Bertz CT molecular complexity index is 1020. The van der Waals surface area contributed by atoms with Gasteiger partial charge < -0.3 is 9.64 Å². The average molecular weight is 405 g/mol. The van der Waals surface area contributed by atoms with Crippen LogP contribution in [0.3, 0.4) is 0 Å². The van der Waals surface area contributed by atoms with Gasteiger partial charge in [0, 0.05) is 19.2 Å². The number of anilines is 1. The van der Waals surface area contributed by atoms with Crippen molar-refractivity contribution in [3.05, 3.63) is 53.1 Å². The Morgan fingerprint density at radius 3 is 2.57 bits per heavy atom. The molecule has 0 aliphatic rings. The molecule has 0 saturated carbocycles. The van der Waals surface area contributed by atoms with Gasteiger partial charge in [-0.05, 0) is 44.8 Å². The minimum atomic E-state index is -0.894. The Morgan fingerprint density at radius 1 is 1.18 bits per heavy atom. The molecular weight excluding hydrogens is 384 g/mol. The van der Waals surface area contributed by atoms with Crippen molar-refractivity contribution in [2.45, 2.75) is 6.92 Å². The molecule has 0 unspecified atom stereocenters. The Hall–Kier alpha value is -2.58. The fraction of sp³-hybridized carbons (Fsp3) is 0.300. The molecule has 0 fully saturated rings. The lowest BCUT2D eigenvalue weighted by Gasteiger charge is -2.22. The zero-order chi connectivity index (χ0) is 20.4. The molecular formula is C20H21F2N3O2S. The van der Waals surface area contributed by atoms with Crippen LogP contribution in [0, 0.1) is 18.6 Å². The minimum Gasteiger partial charge on any atom is -0.494 e. The number of nitrogens with zero attached hydrogens (tertiary/aromatic N) is 3. The topological polar surface area (TPSA) is 45.7 Å². The van der Waals surface area contributed by atoms with Crippen LogP contribution < -0.4 is 9.64 Å². The lowest BCUT2D eigenvalue weighted by atomic mass is 10.2. The SMILES string of the molecule is COc1ccc(C)c2sc(N(CCN(C)C)C(=O)c3ccc(F)cc3F)nc12. The predicted octanol–water partition coefficient (Wildman–Crippen LogP) is 4.10. The van der Waals surface area contributed by atoms with E-state index in [-0.39, 0.29) is 5.56 Å². The van der Waals surface area contributed by atoms with Gasteiger partial charge in [-0.2, -0.15) is 0 Å². The van der Waals surface area contributed by atoms with Crippen LogP contribution in [0.1, 0.15) is 15.9 Å². The second kappa shape index (κ2) is 8.20. The second-order valence-corrected chi connectivity index (χ2v) is 7.62. The lowest BCUT2D eigenvalue weighted by molar-refractivity contribution is 0.0981. The van der Waals surface area contributed by atoms with E-state index >= 15 is 0 Å². The molecule has 8 heteroatoms. The first-order chi connectivity index (χ1) is 13.3. The fourth-order valence-electron chi connectivity index (χ4n) is 2.77. The molecule has 0 saturated heterocycles. The number of aromatic nitrogens is 1. The van der Waals surface area contributed by atoms with Crippen LogP contribution in [0.4, 0.5) is 13.9 Å². The Kier molecular flexibility index (Phi) is 5.90. The number of thiazole rings is 1. The summed E-state index contributed by atoms with van der Waals surface area (Å²) >= 11 is 1.34. The average Bonchev–Trinajstić information content (AvgIpc) is 3.08. The summed E-state index contributed by atoms with van der Waals surface area (Å²) in [5.41, 5.74) is 1.47. The van der Waals surface area contributed by atoms with E-state index in [1.807, 2.05) is 38.1 Å². The highest BCUT2D eigenvalue weighted by atomic mass is 32.1. The third-order valence-corrected chi connectivity index (χ3v) is 5.53. The van der Waals surface area contributed by atoms with Gasteiger partial charge >= 0.3 is 0 Å². The lowest BCUT2D eigenvalue weighted by Crippen LogP contribution is -2.37. The molecule has 1 heterocycles. The Morgan fingerprint density at radius 2 is 1.93 bits per heavy atom. The highest BCUT2D eigenvalue weighted by Crippen LogP contribution is 2.36. The van der Waals surface area contributed by atoms with Crippen molar-refractivity contribution in [2.24, 2.45) is 0 Å². The van der Waals surface area contributed by atoms with Gasteiger partial charge in [0.05, 0.1) is 17.4 Å². The normalized spacial score (nSPS) is 11.2. The van der Waals surface area contributed by atoms with Gasteiger partial charge in [-0.3, -0.25) is 9.69 Å². The number of methoxy groups -OCH3 is 1. The molecule has 0 atom stereocenters. The minimum absolute atomic E-state index is 0.192. The zero-order valence-corrected chi connectivity index (χ0v) is 16.9. The Balaban J connectivity index is 2.08. The maximum Gasteiger partial charge on any atom is 0.263 e. The quantitative estimate of drug-likeness (QED) is 0.620. The first-order valence-electron chi connectivity index (χ1n) is 8.67. The molecule has 1 amide bonds. The highest BCUT2D eigenvalue weighted by molar-refractivity contribution is 7.22. The largest absolute Gasteiger partial charge is 0.494 e. The number of fused-ring (bicyclic) bond motifs is 1. The number of halogens is 2. The maximum absolute atomic E-state index is 14.2. The van der Waals surface area contributed by atoms with Crippen LogP contribution in [0.25, 0.3) is 10.2 Å². The van der Waals surface area contributed by atoms with E-state index in [1.165, 1.54) is 16.2 Å². The number of carbonyl (C=O) groups is 1. The number of amides is 1. The van der Waals surface area contributed by atoms with E-state index in [1.54, 1.807) is 7.11 Å². The summed E-state index contributed by atoms with van der Waals surface area (Å²) in [7, 11) is 5.32. The van der Waals surface area contributed by atoms with Crippen LogP contribution in [0.15, 0.2) is 30.3 Å². The number of benzene rings is 2. The van der Waals surface area contributed by atoms with Gasteiger partial charge in [-0.25, -0.2) is 13.8 Å². The van der Waals surface area contributed by atoms with Gasteiger partial charge in [0.2, 0.25) is 0 Å². The first kappa shape index (κ1) is 20.2. The summed E-state index contributed by atoms with van der Waals surface area (Å²) in [6, 6.07) is 6.70. The number of hydrogen-bond acceptors (Lipinski definition) is 5. The summed E-state index contributed by atoms with van der Waals surface area (Å²) < 4.78 is 33.8. The molecule has 28 heavy (non-hydrogen) atoms. The number of carbonyl (C=O) groups excluding carboxylic acids is 1. The molecule has 3 aromatic rings. The Labute approximate surface area is 166 Å². The summed E-state index contributed by atoms with van der Waals surface area (Å²) in [6.07, 6.45) is 0. The van der Waals surface area contributed by atoms with E-state index in [2.05, 4.69) is 4.98 Å². The third kappa shape index (κ3) is 3.98. The van der Waals surface area contributed by atoms with Crippen molar-refractivity contribution < 1.29 is 18.3 Å². The summed E-state index contributed by atoms with van der Waals surface area (Å²) in [5.74, 6) is -1.57. The molecule has 0 bridgehead atoms. The van der Waals surface area contributed by atoms with Crippen molar-refractivity contribution in [3.8, 4) is 5.75 Å². The van der Waals surface area contributed by atoms with Gasteiger partial charge in [0.15, 0.2) is 5.13 Å². The third-order valence-electron chi connectivity index (χ3n) is 4.32. The van der Waals surface area contributed by atoms with Crippen LogP contribution >= 0.6 is 11.3 Å². The number of likely N-dealkylation sites (N-methyl/N-ethyl adjacent to an activating group) is 1.